The quantitative estimate of drug-likeness (QED) is 0.801. The van der Waals surface area contributed by atoms with Crippen molar-refractivity contribution in [2.75, 3.05) is 13.1 Å². The Hall–Kier alpha value is -1.08. The third-order valence-corrected chi connectivity index (χ3v) is 3.96. The second kappa shape index (κ2) is 5.50. The van der Waals surface area contributed by atoms with Crippen LogP contribution in [0.5, 0.6) is 0 Å². The molecule has 3 atom stereocenters. The van der Waals surface area contributed by atoms with E-state index in [4.69, 9.17) is 5.26 Å². The van der Waals surface area contributed by atoms with Gasteiger partial charge in [-0.3, -0.25) is 4.79 Å². The molecule has 1 aliphatic carbocycles. The molecule has 4 heteroatoms. The highest BCUT2D eigenvalue weighted by atomic mass is 16.2. The Morgan fingerprint density at radius 2 is 2.29 bits per heavy atom. The van der Waals surface area contributed by atoms with E-state index in [2.05, 4.69) is 18.3 Å². The molecule has 0 radical (unpaired) electrons. The van der Waals surface area contributed by atoms with E-state index in [0.29, 0.717) is 12.6 Å². The maximum atomic E-state index is 12.0. The molecule has 0 aromatic heterocycles. The summed E-state index contributed by atoms with van der Waals surface area (Å²) in [7, 11) is 0. The zero-order valence-electron chi connectivity index (χ0n) is 10.5. The first kappa shape index (κ1) is 12.4. The normalized spacial score (nSPS) is 32.7. The number of rotatable bonds is 3. The zero-order chi connectivity index (χ0) is 12.3. The highest BCUT2D eigenvalue weighted by molar-refractivity contribution is 5.79. The molecule has 2 aliphatic rings. The minimum absolute atomic E-state index is 0.0913. The van der Waals surface area contributed by atoms with Gasteiger partial charge in [0.15, 0.2) is 0 Å². The van der Waals surface area contributed by atoms with Crippen molar-refractivity contribution in [2.45, 2.75) is 51.1 Å². The first-order valence-corrected chi connectivity index (χ1v) is 6.63. The summed E-state index contributed by atoms with van der Waals surface area (Å²) in [5.74, 6) is 0.870. The number of hydrogen-bond acceptors (Lipinski definition) is 3. The van der Waals surface area contributed by atoms with E-state index < -0.39 is 0 Å². The van der Waals surface area contributed by atoms with Crippen molar-refractivity contribution in [1.82, 2.24) is 10.2 Å². The van der Waals surface area contributed by atoms with Crippen molar-refractivity contribution < 1.29 is 4.79 Å². The number of likely N-dealkylation sites (tertiary alicyclic amines) is 1. The van der Waals surface area contributed by atoms with Crippen LogP contribution in [0.3, 0.4) is 0 Å². The molecule has 0 aromatic carbocycles. The lowest BCUT2D eigenvalue weighted by atomic mass is 10.1. The van der Waals surface area contributed by atoms with Crippen molar-refractivity contribution in [3.63, 3.8) is 0 Å². The SMILES string of the molecule is CC1CCC(NCC(=O)N2CCCC2C#N)C1. The molecule has 4 nitrogen and oxygen atoms in total. The van der Waals surface area contributed by atoms with E-state index in [1.807, 2.05) is 0 Å². The van der Waals surface area contributed by atoms with Crippen LogP contribution in [0, 0.1) is 17.2 Å². The number of nitrogens with zero attached hydrogens (tertiary/aromatic N) is 2. The number of amides is 1. The van der Waals surface area contributed by atoms with Gasteiger partial charge in [0.1, 0.15) is 6.04 Å². The van der Waals surface area contributed by atoms with E-state index in [9.17, 15) is 4.79 Å². The van der Waals surface area contributed by atoms with Gasteiger partial charge in [-0.15, -0.1) is 0 Å². The molecule has 1 saturated heterocycles. The number of nitrogens with one attached hydrogen (secondary N) is 1. The molecular formula is C13H21N3O. The van der Waals surface area contributed by atoms with Gasteiger partial charge in [-0.25, -0.2) is 0 Å². The summed E-state index contributed by atoms with van der Waals surface area (Å²) in [6.07, 6.45) is 5.41. The molecular weight excluding hydrogens is 214 g/mol. The highest BCUT2D eigenvalue weighted by Gasteiger charge is 2.29. The number of hydrogen-bond donors (Lipinski definition) is 1. The summed E-state index contributed by atoms with van der Waals surface area (Å²) < 4.78 is 0. The molecule has 1 saturated carbocycles. The minimum Gasteiger partial charge on any atom is -0.326 e. The van der Waals surface area contributed by atoms with Crippen molar-refractivity contribution in [3.05, 3.63) is 0 Å². The van der Waals surface area contributed by atoms with Gasteiger partial charge in [0, 0.05) is 12.6 Å². The monoisotopic (exact) mass is 235 g/mol. The second-order valence-corrected chi connectivity index (χ2v) is 5.37. The number of carbonyl (C=O) groups is 1. The fourth-order valence-corrected chi connectivity index (χ4v) is 2.93. The molecule has 0 aromatic rings. The molecule has 1 N–H and O–H groups in total. The Labute approximate surface area is 103 Å². The van der Waals surface area contributed by atoms with Crippen LogP contribution in [0.4, 0.5) is 0 Å². The highest BCUT2D eigenvalue weighted by Crippen LogP contribution is 2.24. The molecule has 0 spiro atoms. The van der Waals surface area contributed by atoms with E-state index in [-0.39, 0.29) is 11.9 Å². The lowest BCUT2D eigenvalue weighted by Crippen LogP contribution is -2.42. The Kier molecular flexibility index (Phi) is 4.01. The summed E-state index contributed by atoms with van der Waals surface area (Å²) in [4.78, 5) is 13.7. The molecule has 1 amide bonds. The standard InChI is InChI=1S/C13H21N3O/c1-10-4-5-11(7-10)15-9-13(17)16-6-2-3-12(16)8-14/h10-12,15H,2-7,9H2,1H3. The Morgan fingerprint density at radius 3 is 2.94 bits per heavy atom. The molecule has 2 rings (SSSR count). The van der Waals surface area contributed by atoms with E-state index in [0.717, 1.165) is 25.3 Å². The van der Waals surface area contributed by atoms with Crippen LogP contribution >= 0.6 is 0 Å². The molecule has 0 bridgehead atoms. The predicted octanol–water partition coefficient (Wildman–Crippen LogP) is 1.28. The van der Waals surface area contributed by atoms with Gasteiger partial charge in [0.05, 0.1) is 12.6 Å². The Bertz CT molecular complexity index is 323. The average Bonchev–Trinajstić information content (AvgIpc) is 2.94. The Balaban J connectivity index is 1.76. The van der Waals surface area contributed by atoms with Gasteiger partial charge in [-0.05, 0) is 38.0 Å². The van der Waals surface area contributed by atoms with E-state index in [1.165, 1.54) is 19.3 Å². The third-order valence-electron chi connectivity index (χ3n) is 3.96. The molecule has 1 aliphatic heterocycles. The fraction of sp³-hybridized carbons (Fsp3) is 0.846. The molecule has 3 unspecified atom stereocenters. The van der Waals surface area contributed by atoms with Gasteiger partial charge in [-0.2, -0.15) is 5.26 Å². The fourth-order valence-electron chi connectivity index (χ4n) is 2.93. The van der Waals surface area contributed by atoms with Gasteiger partial charge >= 0.3 is 0 Å². The summed E-state index contributed by atoms with van der Waals surface area (Å²) in [6.45, 7) is 3.41. The van der Waals surface area contributed by atoms with Crippen LogP contribution in [0.25, 0.3) is 0 Å². The molecule has 1 heterocycles. The van der Waals surface area contributed by atoms with Crippen LogP contribution in [0.1, 0.15) is 39.0 Å². The maximum absolute atomic E-state index is 12.0. The molecule has 2 fully saturated rings. The topological polar surface area (TPSA) is 56.1 Å². The largest absolute Gasteiger partial charge is 0.326 e. The average molecular weight is 235 g/mol. The first-order valence-electron chi connectivity index (χ1n) is 6.63. The van der Waals surface area contributed by atoms with Gasteiger partial charge in [0.25, 0.3) is 0 Å². The van der Waals surface area contributed by atoms with E-state index >= 15 is 0 Å². The summed E-state index contributed by atoms with van der Waals surface area (Å²) in [5, 5.41) is 12.3. The molecule has 17 heavy (non-hydrogen) atoms. The van der Waals surface area contributed by atoms with Crippen LogP contribution < -0.4 is 5.32 Å². The zero-order valence-corrected chi connectivity index (χ0v) is 10.5. The second-order valence-electron chi connectivity index (χ2n) is 5.37. The van der Waals surface area contributed by atoms with Crippen molar-refractivity contribution in [2.24, 2.45) is 5.92 Å². The first-order chi connectivity index (χ1) is 8.20. The predicted molar refractivity (Wildman–Crippen MR) is 65.2 cm³/mol. The lowest BCUT2D eigenvalue weighted by molar-refractivity contribution is -0.130. The van der Waals surface area contributed by atoms with Gasteiger partial charge < -0.3 is 10.2 Å². The van der Waals surface area contributed by atoms with Gasteiger partial charge in [-0.1, -0.05) is 6.92 Å². The summed E-state index contributed by atoms with van der Waals surface area (Å²) >= 11 is 0. The third kappa shape index (κ3) is 2.98. The van der Waals surface area contributed by atoms with Crippen LogP contribution in [0.15, 0.2) is 0 Å². The van der Waals surface area contributed by atoms with Crippen LogP contribution in [0.2, 0.25) is 0 Å². The lowest BCUT2D eigenvalue weighted by Gasteiger charge is -2.21. The van der Waals surface area contributed by atoms with Crippen LogP contribution in [-0.4, -0.2) is 36.0 Å². The summed E-state index contributed by atoms with van der Waals surface area (Å²) in [5.41, 5.74) is 0. The maximum Gasteiger partial charge on any atom is 0.237 e. The van der Waals surface area contributed by atoms with Crippen molar-refractivity contribution >= 4 is 5.91 Å². The van der Waals surface area contributed by atoms with Crippen molar-refractivity contribution in [3.8, 4) is 6.07 Å². The Morgan fingerprint density at radius 1 is 1.47 bits per heavy atom. The number of nitriles is 1. The van der Waals surface area contributed by atoms with Crippen molar-refractivity contribution in [1.29, 1.82) is 5.26 Å². The number of carbonyl (C=O) groups excluding carboxylic acids is 1. The summed E-state index contributed by atoms with van der Waals surface area (Å²) in [6, 6.07) is 2.52. The van der Waals surface area contributed by atoms with Gasteiger partial charge in [0.2, 0.25) is 5.91 Å². The molecule has 94 valence electrons. The van der Waals surface area contributed by atoms with E-state index in [1.54, 1.807) is 4.90 Å². The minimum atomic E-state index is -0.188. The smallest absolute Gasteiger partial charge is 0.237 e. The van der Waals surface area contributed by atoms with Crippen LogP contribution in [-0.2, 0) is 4.79 Å².